The van der Waals surface area contributed by atoms with E-state index in [9.17, 15) is 9.90 Å². The number of carboxylic acid groups (broad SMARTS) is 1. The van der Waals surface area contributed by atoms with E-state index in [1.165, 1.54) is 17.7 Å². The van der Waals surface area contributed by atoms with Gasteiger partial charge in [-0.3, -0.25) is 0 Å². The number of aromatic hydroxyl groups is 1. The molecule has 0 atom stereocenters. The summed E-state index contributed by atoms with van der Waals surface area (Å²) in [7, 11) is 0. The van der Waals surface area contributed by atoms with Crippen molar-refractivity contribution in [3.8, 4) is 16.9 Å². The topological polar surface area (TPSA) is 57.5 Å². The van der Waals surface area contributed by atoms with Crippen molar-refractivity contribution in [2.24, 2.45) is 5.92 Å². The Balaban J connectivity index is 2.30. The Morgan fingerprint density at radius 1 is 1.10 bits per heavy atom. The summed E-state index contributed by atoms with van der Waals surface area (Å²) >= 11 is 0. The van der Waals surface area contributed by atoms with Crippen molar-refractivity contribution in [3.63, 3.8) is 0 Å². The van der Waals surface area contributed by atoms with Crippen LogP contribution in [0.15, 0.2) is 42.5 Å². The van der Waals surface area contributed by atoms with E-state index in [1.54, 1.807) is 6.07 Å². The van der Waals surface area contributed by atoms with Crippen molar-refractivity contribution < 1.29 is 15.0 Å². The van der Waals surface area contributed by atoms with Gasteiger partial charge in [0.25, 0.3) is 0 Å². The molecule has 0 fully saturated rings. The maximum absolute atomic E-state index is 10.8. The summed E-state index contributed by atoms with van der Waals surface area (Å²) < 4.78 is 0. The fourth-order valence-electron chi connectivity index (χ4n) is 2.20. The van der Waals surface area contributed by atoms with Crippen LogP contribution in [0, 0.1) is 5.92 Å². The van der Waals surface area contributed by atoms with E-state index < -0.39 is 5.97 Å². The zero-order chi connectivity index (χ0) is 14.7. The summed E-state index contributed by atoms with van der Waals surface area (Å²) in [4.78, 5) is 10.8. The van der Waals surface area contributed by atoms with Crippen molar-refractivity contribution in [1.29, 1.82) is 0 Å². The van der Waals surface area contributed by atoms with E-state index in [0.717, 1.165) is 12.0 Å². The molecular weight excluding hydrogens is 252 g/mol. The number of aromatic carboxylic acids is 1. The fraction of sp³-hybridized carbons (Fsp3) is 0.235. The number of hydrogen-bond donors (Lipinski definition) is 2. The summed E-state index contributed by atoms with van der Waals surface area (Å²) in [6.07, 6.45) is 1.02. The lowest BCUT2D eigenvalue weighted by Gasteiger charge is -2.08. The van der Waals surface area contributed by atoms with E-state index in [0.29, 0.717) is 11.5 Å². The number of carboxylic acids is 1. The second-order valence-corrected chi connectivity index (χ2v) is 5.33. The lowest BCUT2D eigenvalue weighted by Crippen LogP contribution is -1.96. The number of benzene rings is 2. The molecule has 104 valence electrons. The van der Waals surface area contributed by atoms with Crippen LogP contribution in [-0.2, 0) is 6.42 Å². The summed E-state index contributed by atoms with van der Waals surface area (Å²) in [6.45, 7) is 4.34. The van der Waals surface area contributed by atoms with Crippen molar-refractivity contribution >= 4 is 5.97 Å². The second-order valence-electron chi connectivity index (χ2n) is 5.33. The van der Waals surface area contributed by atoms with Gasteiger partial charge in [-0.25, -0.2) is 4.79 Å². The number of hydrogen-bond acceptors (Lipinski definition) is 2. The molecule has 0 saturated heterocycles. The molecule has 0 bridgehead atoms. The van der Waals surface area contributed by atoms with Crippen molar-refractivity contribution in [3.05, 3.63) is 53.6 Å². The van der Waals surface area contributed by atoms with E-state index in [2.05, 4.69) is 13.8 Å². The van der Waals surface area contributed by atoms with Gasteiger partial charge < -0.3 is 10.2 Å². The summed E-state index contributed by atoms with van der Waals surface area (Å²) in [5.41, 5.74) is 2.87. The lowest BCUT2D eigenvalue weighted by atomic mass is 9.98. The van der Waals surface area contributed by atoms with E-state index in [4.69, 9.17) is 5.11 Å². The summed E-state index contributed by atoms with van der Waals surface area (Å²) in [5, 5.41) is 18.8. The Hall–Kier alpha value is -2.29. The van der Waals surface area contributed by atoms with Crippen LogP contribution in [0.3, 0.4) is 0 Å². The largest absolute Gasteiger partial charge is 0.507 e. The number of phenols is 1. The van der Waals surface area contributed by atoms with Gasteiger partial charge in [-0.1, -0.05) is 38.1 Å². The average molecular weight is 270 g/mol. The standard InChI is InChI=1S/C17H18O3/c1-11(2)9-12-3-5-13(6-4-12)15-8-7-14(17(19)20)10-16(15)18/h3-8,10-11,18H,9H2,1-2H3,(H,19,20). The van der Waals surface area contributed by atoms with Crippen molar-refractivity contribution in [2.75, 3.05) is 0 Å². The molecule has 0 aliphatic rings. The molecule has 0 spiro atoms. The van der Waals surface area contributed by atoms with Crippen LogP contribution in [0.5, 0.6) is 5.75 Å². The third-order valence-corrected chi connectivity index (χ3v) is 3.15. The van der Waals surface area contributed by atoms with E-state index >= 15 is 0 Å². The third-order valence-electron chi connectivity index (χ3n) is 3.15. The molecule has 2 rings (SSSR count). The fourth-order valence-corrected chi connectivity index (χ4v) is 2.20. The third kappa shape index (κ3) is 3.18. The quantitative estimate of drug-likeness (QED) is 0.884. The molecule has 2 aromatic rings. The Bertz CT molecular complexity index is 613. The highest BCUT2D eigenvalue weighted by Gasteiger charge is 2.09. The maximum Gasteiger partial charge on any atom is 0.335 e. The molecule has 20 heavy (non-hydrogen) atoms. The van der Waals surface area contributed by atoms with Gasteiger partial charge in [0.1, 0.15) is 5.75 Å². The number of phenolic OH excluding ortho intramolecular Hbond substituents is 1. The number of rotatable bonds is 4. The molecule has 0 radical (unpaired) electrons. The minimum Gasteiger partial charge on any atom is -0.507 e. The lowest BCUT2D eigenvalue weighted by molar-refractivity contribution is 0.0696. The minimum atomic E-state index is -1.04. The highest BCUT2D eigenvalue weighted by molar-refractivity contribution is 5.89. The molecule has 0 aromatic heterocycles. The predicted molar refractivity (Wildman–Crippen MR) is 79.0 cm³/mol. The Labute approximate surface area is 118 Å². The minimum absolute atomic E-state index is 0.0125. The van der Waals surface area contributed by atoms with Crippen LogP contribution < -0.4 is 0 Å². The van der Waals surface area contributed by atoms with Gasteiger partial charge in [-0.15, -0.1) is 0 Å². The van der Waals surface area contributed by atoms with Gasteiger partial charge in [-0.05, 0) is 41.7 Å². The van der Waals surface area contributed by atoms with Crippen LogP contribution in [0.25, 0.3) is 11.1 Å². The number of carbonyl (C=O) groups is 1. The first-order chi connectivity index (χ1) is 9.47. The highest BCUT2D eigenvalue weighted by Crippen LogP contribution is 2.30. The Kier molecular flexibility index (Phi) is 4.08. The van der Waals surface area contributed by atoms with E-state index in [-0.39, 0.29) is 11.3 Å². The van der Waals surface area contributed by atoms with Gasteiger partial charge in [0, 0.05) is 5.56 Å². The van der Waals surface area contributed by atoms with Crippen LogP contribution in [0.1, 0.15) is 29.8 Å². The molecule has 0 saturated carbocycles. The van der Waals surface area contributed by atoms with Crippen LogP contribution >= 0.6 is 0 Å². The van der Waals surface area contributed by atoms with Gasteiger partial charge in [-0.2, -0.15) is 0 Å². The average Bonchev–Trinajstić information content (AvgIpc) is 2.39. The molecule has 0 heterocycles. The smallest absolute Gasteiger partial charge is 0.335 e. The molecule has 0 aliphatic carbocycles. The van der Waals surface area contributed by atoms with Crippen LogP contribution in [0.4, 0.5) is 0 Å². The van der Waals surface area contributed by atoms with Crippen LogP contribution in [0.2, 0.25) is 0 Å². The zero-order valence-electron chi connectivity index (χ0n) is 11.6. The first-order valence-corrected chi connectivity index (χ1v) is 6.63. The molecule has 2 aromatic carbocycles. The molecular formula is C17H18O3. The predicted octanol–water partition coefficient (Wildman–Crippen LogP) is 3.96. The van der Waals surface area contributed by atoms with Crippen molar-refractivity contribution in [2.45, 2.75) is 20.3 Å². The maximum atomic E-state index is 10.8. The SMILES string of the molecule is CC(C)Cc1ccc(-c2ccc(C(=O)O)cc2O)cc1. The molecule has 3 nitrogen and oxygen atoms in total. The Morgan fingerprint density at radius 2 is 1.75 bits per heavy atom. The normalized spacial score (nSPS) is 10.8. The van der Waals surface area contributed by atoms with E-state index in [1.807, 2.05) is 24.3 Å². The highest BCUT2D eigenvalue weighted by atomic mass is 16.4. The summed E-state index contributed by atoms with van der Waals surface area (Å²) in [6, 6.07) is 12.4. The van der Waals surface area contributed by atoms with Gasteiger partial charge in [0.2, 0.25) is 0 Å². The van der Waals surface area contributed by atoms with Gasteiger partial charge in [0.15, 0.2) is 0 Å². The molecule has 3 heteroatoms. The van der Waals surface area contributed by atoms with Crippen LogP contribution in [-0.4, -0.2) is 16.2 Å². The second kappa shape index (κ2) is 5.78. The molecule has 0 aliphatic heterocycles. The molecule has 0 unspecified atom stereocenters. The Morgan fingerprint density at radius 3 is 2.25 bits per heavy atom. The molecule has 2 N–H and O–H groups in total. The van der Waals surface area contributed by atoms with Gasteiger partial charge >= 0.3 is 5.97 Å². The monoisotopic (exact) mass is 270 g/mol. The summed E-state index contributed by atoms with van der Waals surface area (Å²) in [5.74, 6) is -0.454. The van der Waals surface area contributed by atoms with Crippen molar-refractivity contribution in [1.82, 2.24) is 0 Å². The first-order valence-electron chi connectivity index (χ1n) is 6.63. The molecule has 0 amide bonds. The first kappa shape index (κ1) is 14.1. The van der Waals surface area contributed by atoms with Gasteiger partial charge in [0.05, 0.1) is 5.56 Å². The zero-order valence-corrected chi connectivity index (χ0v) is 11.6.